The molecule has 0 radical (unpaired) electrons. The largest absolute Gasteiger partial charge is 0.322 e. The van der Waals surface area contributed by atoms with E-state index in [0.29, 0.717) is 29.2 Å². The van der Waals surface area contributed by atoms with Crippen LogP contribution in [0, 0.1) is 0 Å². The average molecular weight is 453 g/mol. The van der Waals surface area contributed by atoms with Gasteiger partial charge in [0.2, 0.25) is 0 Å². The van der Waals surface area contributed by atoms with Crippen molar-refractivity contribution in [3.63, 3.8) is 0 Å². The Bertz CT molecular complexity index is 1290. The molecule has 4 aromatic rings. The van der Waals surface area contributed by atoms with E-state index in [1.807, 2.05) is 66.7 Å². The van der Waals surface area contributed by atoms with Gasteiger partial charge in [0.25, 0.3) is 11.8 Å². The highest BCUT2D eigenvalue weighted by molar-refractivity contribution is 6.07. The smallest absolute Gasteiger partial charge is 0.273 e. The molecule has 0 saturated carbocycles. The molecule has 0 aliphatic carbocycles. The van der Waals surface area contributed by atoms with Gasteiger partial charge in [0.1, 0.15) is 5.69 Å². The highest BCUT2D eigenvalue weighted by Crippen LogP contribution is 2.23. The molecule has 0 spiro atoms. The number of rotatable bonds is 6. The number of benzene rings is 3. The van der Waals surface area contributed by atoms with E-state index in [-0.39, 0.29) is 17.2 Å². The fourth-order valence-corrected chi connectivity index (χ4v) is 3.50. The predicted octanol–water partition coefficient (Wildman–Crippen LogP) is 5.73. The zero-order valence-corrected chi connectivity index (χ0v) is 19.6. The molecule has 2 amide bonds. The van der Waals surface area contributed by atoms with Gasteiger partial charge in [-0.3, -0.25) is 14.3 Å². The average Bonchev–Trinajstić information content (AvgIpc) is 3.25. The summed E-state index contributed by atoms with van der Waals surface area (Å²) < 4.78 is 1.73. The topological polar surface area (TPSA) is 76.0 Å². The fraction of sp³-hybridized carbons (Fsp3) is 0.179. The highest BCUT2D eigenvalue weighted by atomic mass is 16.2. The molecule has 0 fully saturated rings. The van der Waals surface area contributed by atoms with Crippen molar-refractivity contribution in [1.29, 1.82) is 0 Å². The molecule has 6 heteroatoms. The van der Waals surface area contributed by atoms with Crippen molar-refractivity contribution in [2.45, 2.75) is 32.7 Å². The second kappa shape index (κ2) is 9.75. The van der Waals surface area contributed by atoms with Gasteiger partial charge < -0.3 is 10.6 Å². The molecular formula is C28H28N4O2. The molecular weight excluding hydrogens is 424 g/mol. The van der Waals surface area contributed by atoms with Crippen molar-refractivity contribution in [3.05, 3.63) is 114 Å². The van der Waals surface area contributed by atoms with E-state index < -0.39 is 0 Å². The second-order valence-electron chi connectivity index (χ2n) is 9.16. The number of hydrogen-bond acceptors (Lipinski definition) is 3. The first-order chi connectivity index (χ1) is 16.3. The monoisotopic (exact) mass is 452 g/mol. The lowest BCUT2D eigenvalue weighted by Crippen LogP contribution is -2.19. The lowest BCUT2D eigenvalue weighted by Gasteiger charge is -2.14. The Kier molecular flexibility index (Phi) is 6.59. The summed E-state index contributed by atoms with van der Waals surface area (Å²) in [6.45, 7) is 6.69. The van der Waals surface area contributed by atoms with Crippen LogP contribution in [-0.4, -0.2) is 21.6 Å². The maximum atomic E-state index is 13.3. The Balaban J connectivity index is 1.56. The standard InChI is InChI=1S/C28H28N4O2/c1-28(2,3)25-18-24(32(31-25)19-20-11-6-4-7-12-20)27(34)30-23-16-10-13-21(17-23)26(33)29-22-14-8-5-9-15-22/h4-18H,19H2,1-3H3,(H,29,33)(H,30,34). The quantitative estimate of drug-likeness (QED) is 0.392. The van der Waals surface area contributed by atoms with Crippen LogP contribution in [0.1, 0.15) is 52.9 Å². The van der Waals surface area contributed by atoms with Gasteiger partial charge in [-0.2, -0.15) is 5.10 Å². The molecule has 6 nitrogen and oxygen atoms in total. The van der Waals surface area contributed by atoms with Gasteiger partial charge >= 0.3 is 0 Å². The molecule has 4 rings (SSSR count). The Morgan fingerprint density at radius 1 is 0.765 bits per heavy atom. The summed E-state index contributed by atoms with van der Waals surface area (Å²) in [5.74, 6) is -0.522. The molecule has 0 unspecified atom stereocenters. The number of aromatic nitrogens is 2. The maximum Gasteiger partial charge on any atom is 0.273 e. The van der Waals surface area contributed by atoms with Crippen LogP contribution in [0.4, 0.5) is 11.4 Å². The van der Waals surface area contributed by atoms with Crippen LogP contribution in [0.25, 0.3) is 0 Å². The van der Waals surface area contributed by atoms with E-state index in [0.717, 1.165) is 11.3 Å². The number of nitrogens with one attached hydrogen (secondary N) is 2. The molecule has 172 valence electrons. The first-order valence-electron chi connectivity index (χ1n) is 11.2. The third-order valence-electron chi connectivity index (χ3n) is 5.37. The minimum atomic E-state index is -0.278. The van der Waals surface area contributed by atoms with Gasteiger partial charge in [-0.15, -0.1) is 0 Å². The summed E-state index contributed by atoms with van der Waals surface area (Å²) >= 11 is 0. The van der Waals surface area contributed by atoms with Crippen molar-refractivity contribution in [2.75, 3.05) is 10.6 Å². The Hall–Kier alpha value is -4.19. The van der Waals surface area contributed by atoms with E-state index in [9.17, 15) is 9.59 Å². The molecule has 2 N–H and O–H groups in total. The zero-order chi connectivity index (χ0) is 24.1. The van der Waals surface area contributed by atoms with Gasteiger partial charge in [-0.05, 0) is 42.0 Å². The molecule has 1 aromatic heterocycles. The molecule has 0 aliphatic rings. The van der Waals surface area contributed by atoms with Crippen LogP contribution in [0.2, 0.25) is 0 Å². The van der Waals surface area contributed by atoms with E-state index in [4.69, 9.17) is 5.10 Å². The molecule has 1 heterocycles. The number of para-hydroxylation sites is 1. The molecule has 0 bridgehead atoms. The number of carbonyl (C=O) groups is 2. The number of nitrogens with zero attached hydrogens (tertiary/aromatic N) is 2. The van der Waals surface area contributed by atoms with Crippen LogP contribution >= 0.6 is 0 Å². The van der Waals surface area contributed by atoms with E-state index in [1.54, 1.807) is 28.9 Å². The van der Waals surface area contributed by atoms with E-state index in [1.165, 1.54) is 0 Å². The summed E-state index contributed by atoms with van der Waals surface area (Å²) in [6.07, 6.45) is 0. The van der Waals surface area contributed by atoms with Crippen molar-refractivity contribution in [3.8, 4) is 0 Å². The summed E-state index contributed by atoms with van der Waals surface area (Å²) in [5.41, 5.74) is 3.86. The first-order valence-corrected chi connectivity index (χ1v) is 11.2. The van der Waals surface area contributed by atoms with Crippen LogP contribution < -0.4 is 10.6 Å². The second-order valence-corrected chi connectivity index (χ2v) is 9.16. The van der Waals surface area contributed by atoms with E-state index >= 15 is 0 Å². The van der Waals surface area contributed by atoms with Gasteiger partial charge in [-0.25, -0.2) is 0 Å². The van der Waals surface area contributed by atoms with Crippen molar-refractivity contribution in [1.82, 2.24) is 9.78 Å². The maximum absolute atomic E-state index is 13.3. The number of anilines is 2. The fourth-order valence-electron chi connectivity index (χ4n) is 3.50. The minimum Gasteiger partial charge on any atom is -0.322 e. The highest BCUT2D eigenvalue weighted by Gasteiger charge is 2.23. The van der Waals surface area contributed by atoms with Crippen LogP contribution in [0.15, 0.2) is 91.0 Å². The van der Waals surface area contributed by atoms with Gasteiger partial charge in [-0.1, -0.05) is 75.4 Å². The lowest BCUT2D eigenvalue weighted by molar-refractivity contribution is 0.101. The number of amides is 2. The lowest BCUT2D eigenvalue weighted by atomic mass is 9.92. The van der Waals surface area contributed by atoms with E-state index in [2.05, 4.69) is 31.4 Å². The third-order valence-corrected chi connectivity index (χ3v) is 5.37. The van der Waals surface area contributed by atoms with Crippen molar-refractivity contribution < 1.29 is 9.59 Å². The third kappa shape index (κ3) is 5.59. The Labute approximate surface area is 199 Å². The van der Waals surface area contributed by atoms with Crippen molar-refractivity contribution in [2.24, 2.45) is 0 Å². The predicted molar refractivity (Wildman–Crippen MR) is 135 cm³/mol. The molecule has 0 aliphatic heterocycles. The normalized spacial score (nSPS) is 11.1. The summed E-state index contributed by atoms with van der Waals surface area (Å²) in [5, 5.41) is 10.5. The van der Waals surface area contributed by atoms with Gasteiger partial charge in [0, 0.05) is 22.4 Å². The number of hydrogen-bond donors (Lipinski definition) is 2. The number of carbonyl (C=O) groups excluding carboxylic acids is 2. The molecule has 0 atom stereocenters. The summed E-state index contributed by atoms with van der Waals surface area (Å²) in [7, 11) is 0. The molecule has 3 aromatic carbocycles. The van der Waals surface area contributed by atoms with Crippen molar-refractivity contribution >= 4 is 23.2 Å². The summed E-state index contributed by atoms with van der Waals surface area (Å²) in [6, 6.07) is 27.9. The Morgan fingerprint density at radius 2 is 1.38 bits per heavy atom. The van der Waals surface area contributed by atoms with Crippen LogP contribution in [0.3, 0.4) is 0 Å². The SMILES string of the molecule is CC(C)(C)c1cc(C(=O)Nc2cccc(C(=O)Nc3ccccc3)c2)n(Cc2ccccc2)n1. The van der Waals surface area contributed by atoms with Gasteiger partial charge in [0.15, 0.2) is 0 Å². The van der Waals surface area contributed by atoms with Gasteiger partial charge in [0.05, 0.1) is 12.2 Å². The molecule has 34 heavy (non-hydrogen) atoms. The van der Waals surface area contributed by atoms with Crippen LogP contribution in [-0.2, 0) is 12.0 Å². The summed E-state index contributed by atoms with van der Waals surface area (Å²) in [4.78, 5) is 25.9. The molecule has 0 saturated heterocycles. The first kappa shape index (κ1) is 23.0. The minimum absolute atomic E-state index is 0.202. The van der Waals surface area contributed by atoms with Crippen LogP contribution in [0.5, 0.6) is 0 Å². The zero-order valence-electron chi connectivity index (χ0n) is 19.6. The Morgan fingerprint density at radius 3 is 2.06 bits per heavy atom.